The number of hydrogen-bond donors (Lipinski definition) is 0. The fourth-order valence-corrected chi connectivity index (χ4v) is 3.41. The summed E-state index contributed by atoms with van der Waals surface area (Å²) in [5.41, 5.74) is 3.96. The first-order valence-corrected chi connectivity index (χ1v) is 8.59. The van der Waals surface area contributed by atoms with E-state index in [1.165, 1.54) is 5.57 Å². The van der Waals surface area contributed by atoms with Crippen LogP contribution in [0.15, 0.2) is 60.5 Å². The molecule has 1 atom stereocenters. The van der Waals surface area contributed by atoms with Gasteiger partial charge in [0.05, 0.1) is 19.0 Å². The van der Waals surface area contributed by atoms with Gasteiger partial charge in [0.15, 0.2) is 5.82 Å². The maximum Gasteiger partial charge on any atom is 0.200 e. The number of fused-ring (bicyclic) bond motifs is 1. The Labute approximate surface area is 154 Å². The highest BCUT2D eigenvalue weighted by molar-refractivity contribution is 5.78. The minimum atomic E-state index is 0.219. The summed E-state index contributed by atoms with van der Waals surface area (Å²) in [7, 11) is 1.79. The Kier molecular flexibility index (Phi) is 3.63. The number of nitrogens with zero attached hydrogens (tertiary/aromatic N) is 8. The Morgan fingerprint density at radius 3 is 2.96 bits per heavy atom. The van der Waals surface area contributed by atoms with Crippen LogP contribution in [-0.2, 0) is 18.3 Å². The molecule has 0 N–H and O–H groups in total. The third-order valence-corrected chi connectivity index (χ3v) is 4.76. The summed E-state index contributed by atoms with van der Waals surface area (Å²) < 4.78 is 9.35. The zero-order valence-electron chi connectivity index (χ0n) is 14.6. The van der Waals surface area contributed by atoms with E-state index in [0.29, 0.717) is 12.4 Å². The highest BCUT2D eigenvalue weighted by Crippen LogP contribution is 2.41. The highest BCUT2D eigenvalue weighted by atomic mass is 16.5. The molecule has 0 saturated carbocycles. The quantitative estimate of drug-likeness (QED) is 0.699. The van der Waals surface area contributed by atoms with E-state index in [0.717, 1.165) is 29.0 Å². The summed E-state index contributed by atoms with van der Waals surface area (Å²) in [6, 6.07) is 3.94. The Morgan fingerprint density at radius 1 is 1.26 bits per heavy atom. The van der Waals surface area contributed by atoms with Gasteiger partial charge in [0.1, 0.15) is 11.5 Å². The Hall–Kier alpha value is -3.62. The summed E-state index contributed by atoms with van der Waals surface area (Å²) in [5.74, 6) is 1.81. The molecule has 0 unspecified atom stereocenters. The van der Waals surface area contributed by atoms with Crippen LogP contribution in [0, 0.1) is 5.92 Å². The molecule has 134 valence electrons. The minimum Gasteiger partial charge on any atom is -0.468 e. The molecule has 0 aromatic carbocycles. The third-order valence-electron chi connectivity index (χ3n) is 4.76. The fourth-order valence-electron chi connectivity index (χ4n) is 3.41. The Balaban J connectivity index is 1.43. The van der Waals surface area contributed by atoms with E-state index in [-0.39, 0.29) is 5.92 Å². The van der Waals surface area contributed by atoms with Crippen molar-refractivity contribution >= 4 is 5.57 Å². The van der Waals surface area contributed by atoms with Gasteiger partial charge >= 0.3 is 0 Å². The summed E-state index contributed by atoms with van der Waals surface area (Å²) in [5, 5.41) is 19.4. The standard InChI is InChI=1S/C18H16N8O/c1-25-18(21-22-24-25)16-6-5-12(9-19-16)14-3-2-4-15-13(11-27-17(14)15)10-26-8-7-20-23-26/h2-3,5-9,11,15H,4,10H2,1H3/t15-/m0/s1. The fraction of sp³-hybridized carbons (Fsp3) is 0.222. The molecule has 2 aliphatic rings. The van der Waals surface area contributed by atoms with Crippen LogP contribution in [0.25, 0.3) is 17.1 Å². The van der Waals surface area contributed by atoms with Crippen molar-refractivity contribution in [1.82, 2.24) is 40.2 Å². The topological polar surface area (TPSA) is 96.4 Å². The van der Waals surface area contributed by atoms with E-state index in [1.807, 2.05) is 30.8 Å². The van der Waals surface area contributed by atoms with E-state index in [9.17, 15) is 0 Å². The van der Waals surface area contributed by atoms with Crippen molar-refractivity contribution in [1.29, 1.82) is 0 Å². The van der Waals surface area contributed by atoms with Crippen LogP contribution in [0.5, 0.6) is 0 Å². The number of allylic oxidation sites excluding steroid dienone is 4. The minimum absolute atomic E-state index is 0.219. The van der Waals surface area contributed by atoms with Crippen LogP contribution in [0.3, 0.4) is 0 Å². The molecule has 3 aromatic heterocycles. The van der Waals surface area contributed by atoms with Gasteiger partial charge in [-0.3, -0.25) is 4.98 Å². The molecule has 0 amide bonds. The molecule has 0 saturated heterocycles. The van der Waals surface area contributed by atoms with Crippen molar-refractivity contribution in [2.75, 3.05) is 0 Å². The first kappa shape index (κ1) is 15.6. The molecule has 0 spiro atoms. The largest absolute Gasteiger partial charge is 0.468 e. The number of aryl methyl sites for hydroxylation is 1. The van der Waals surface area contributed by atoms with E-state index in [4.69, 9.17) is 4.74 Å². The summed E-state index contributed by atoms with van der Waals surface area (Å²) in [6.07, 6.45) is 12.4. The van der Waals surface area contributed by atoms with Gasteiger partial charge in [-0.05, 0) is 28.5 Å². The number of pyridine rings is 1. The average Bonchev–Trinajstić information content (AvgIpc) is 3.44. The van der Waals surface area contributed by atoms with Gasteiger partial charge in [0.2, 0.25) is 0 Å². The van der Waals surface area contributed by atoms with Gasteiger partial charge in [0, 0.05) is 36.5 Å². The Bertz CT molecular complexity index is 1060. The summed E-state index contributed by atoms with van der Waals surface area (Å²) in [4.78, 5) is 4.52. The van der Waals surface area contributed by atoms with Crippen LogP contribution in [0.1, 0.15) is 12.0 Å². The van der Waals surface area contributed by atoms with Crippen molar-refractivity contribution < 1.29 is 4.74 Å². The van der Waals surface area contributed by atoms with E-state index < -0.39 is 0 Å². The molecule has 3 aromatic rings. The second-order valence-corrected chi connectivity index (χ2v) is 6.44. The van der Waals surface area contributed by atoms with Gasteiger partial charge < -0.3 is 4.74 Å². The lowest BCUT2D eigenvalue weighted by atomic mass is 9.87. The lowest BCUT2D eigenvalue weighted by Gasteiger charge is -2.19. The molecule has 0 fully saturated rings. The van der Waals surface area contributed by atoms with Crippen LogP contribution in [0.2, 0.25) is 0 Å². The van der Waals surface area contributed by atoms with Gasteiger partial charge in [-0.2, -0.15) is 0 Å². The second-order valence-electron chi connectivity index (χ2n) is 6.44. The van der Waals surface area contributed by atoms with Crippen molar-refractivity contribution in [2.24, 2.45) is 13.0 Å². The molecular formula is C18H16N8O. The van der Waals surface area contributed by atoms with E-state index in [1.54, 1.807) is 22.6 Å². The first-order chi connectivity index (χ1) is 13.3. The lowest BCUT2D eigenvalue weighted by molar-refractivity contribution is 0.344. The maximum atomic E-state index is 5.95. The molecular weight excluding hydrogens is 344 g/mol. The van der Waals surface area contributed by atoms with Gasteiger partial charge in [-0.1, -0.05) is 23.4 Å². The SMILES string of the molecule is Cn1nnnc1-c1ccc(C2=C3OC=C(Cn4ccnn4)[C@@H]3CC=C2)cn1. The summed E-state index contributed by atoms with van der Waals surface area (Å²) in [6.45, 7) is 0.672. The van der Waals surface area contributed by atoms with Gasteiger partial charge in [-0.25, -0.2) is 9.36 Å². The molecule has 0 bridgehead atoms. The maximum absolute atomic E-state index is 5.95. The number of rotatable bonds is 4. The predicted octanol–water partition coefficient (Wildman–Crippen LogP) is 1.77. The molecule has 1 aliphatic carbocycles. The van der Waals surface area contributed by atoms with Gasteiger partial charge in [-0.15, -0.1) is 10.2 Å². The van der Waals surface area contributed by atoms with Crippen LogP contribution in [0.4, 0.5) is 0 Å². The monoisotopic (exact) mass is 360 g/mol. The van der Waals surface area contributed by atoms with Crippen LogP contribution in [-0.4, -0.2) is 40.2 Å². The van der Waals surface area contributed by atoms with Crippen molar-refractivity contribution in [2.45, 2.75) is 13.0 Å². The number of tetrazole rings is 1. The second kappa shape index (κ2) is 6.27. The smallest absolute Gasteiger partial charge is 0.200 e. The van der Waals surface area contributed by atoms with Crippen LogP contribution < -0.4 is 0 Å². The van der Waals surface area contributed by atoms with Crippen molar-refractivity contribution in [3.05, 3.63) is 66.0 Å². The van der Waals surface area contributed by atoms with Crippen molar-refractivity contribution in [3.63, 3.8) is 0 Å². The van der Waals surface area contributed by atoms with Crippen LogP contribution >= 0.6 is 0 Å². The number of aromatic nitrogens is 8. The van der Waals surface area contributed by atoms with Crippen molar-refractivity contribution in [3.8, 4) is 11.5 Å². The lowest BCUT2D eigenvalue weighted by Crippen LogP contribution is -2.12. The molecule has 5 rings (SSSR count). The highest BCUT2D eigenvalue weighted by Gasteiger charge is 2.31. The normalized spacial score (nSPS) is 18.4. The molecule has 9 nitrogen and oxygen atoms in total. The average molecular weight is 360 g/mol. The molecule has 0 radical (unpaired) electrons. The first-order valence-electron chi connectivity index (χ1n) is 8.59. The zero-order valence-corrected chi connectivity index (χ0v) is 14.6. The molecule has 27 heavy (non-hydrogen) atoms. The molecule has 9 heteroatoms. The molecule has 4 heterocycles. The zero-order chi connectivity index (χ0) is 18.2. The Morgan fingerprint density at radius 2 is 2.22 bits per heavy atom. The van der Waals surface area contributed by atoms with Gasteiger partial charge in [0.25, 0.3) is 0 Å². The van der Waals surface area contributed by atoms with E-state index >= 15 is 0 Å². The number of ether oxygens (including phenoxy) is 1. The van der Waals surface area contributed by atoms with E-state index in [2.05, 4.69) is 43.0 Å². The summed E-state index contributed by atoms with van der Waals surface area (Å²) >= 11 is 0. The molecule has 1 aliphatic heterocycles. The number of hydrogen-bond acceptors (Lipinski definition) is 7. The predicted molar refractivity (Wildman–Crippen MR) is 95.4 cm³/mol. The third kappa shape index (κ3) is 2.73.